The molecule has 0 spiro atoms. The molecular formula is C14H18ClNO2. The summed E-state index contributed by atoms with van der Waals surface area (Å²) in [4.78, 5) is 12.8. The lowest BCUT2D eigenvalue weighted by molar-refractivity contribution is -0.136. The van der Waals surface area contributed by atoms with Gasteiger partial charge in [0.2, 0.25) is 0 Å². The number of hydrogen-bond donors (Lipinski definition) is 1. The Balaban J connectivity index is 2.07. The van der Waals surface area contributed by atoms with Crippen LogP contribution in [0.3, 0.4) is 0 Å². The molecule has 0 aromatic heterocycles. The van der Waals surface area contributed by atoms with Crippen molar-refractivity contribution in [3.05, 3.63) is 34.3 Å². The molecule has 1 N–H and O–H groups in total. The predicted octanol–water partition coefficient (Wildman–Crippen LogP) is 2.78. The molecule has 1 saturated heterocycles. The van der Waals surface area contributed by atoms with Crippen LogP contribution in [-0.2, 0) is 11.2 Å². The zero-order valence-electron chi connectivity index (χ0n) is 10.5. The number of halogens is 1. The molecule has 1 aromatic carbocycles. The van der Waals surface area contributed by atoms with Gasteiger partial charge in [-0.1, -0.05) is 23.7 Å². The van der Waals surface area contributed by atoms with Crippen molar-refractivity contribution in [3.63, 3.8) is 0 Å². The summed E-state index contributed by atoms with van der Waals surface area (Å²) in [6.07, 6.45) is 1.84. The van der Waals surface area contributed by atoms with E-state index in [9.17, 15) is 4.79 Å². The third kappa shape index (κ3) is 3.24. The first-order valence-electron chi connectivity index (χ1n) is 6.25. The zero-order valence-corrected chi connectivity index (χ0v) is 11.3. The first kappa shape index (κ1) is 13.4. The van der Waals surface area contributed by atoms with Gasteiger partial charge in [-0.3, -0.25) is 4.79 Å². The van der Waals surface area contributed by atoms with Gasteiger partial charge >= 0.3 is 5.97 Å². The van der Waals surface area contributed by atoms with Crippen LogP contribution in [0.1, 0.15) is 29.9 Å². The smallest absolute Gasteiger partial charge is 0.303 e. The summed E-state index contributed by atoms with van der Waals surface area (Å²) in [5.41, 5.74) is 2.19. The van der Waals surface area contributed by atoms with Crippen LogP contribution in [0.4, 0.5) is 0 Å². The quantitative estimate of drug-likeness (QED) is 0.912. The topological polar surface area (TPSA) is 40.5 Å². The third-order valence-corrected chi connectivity index (χ3v) is 3.85. The van der Waals surface area contributed by atoms with Crippen LogP contribution < -0.4 is 0 Å². The highest BCUT2D eigenvalue weighted by Gasteiger charge is 2.22. The monoisotopic (exact) mass is 267 g/mol. The van der Waals surface area contributed by atoms with Crippen molar-refractivity contribution in [2.75, 3.05) is 20.1 Å². The summed E-state index contributed by atoms with van der Waals surface area (Å²) >= 11 is 6.31. The molecule has 0 saturated carbocycles. The van der Waals surface area contributed by atoms with Crippen molar-refractivity contribution in [2.24, 2.45) is 0 Å². The SMILES string of the molecule is CN1CCC(c2ccc(CCC(=O)O)cc2Cl)C1. The summed E-state index contributed by atoms with van der Waals surface area (Å²) in [5, 5.41) is 9.44. The van der Waals surface area contributed by atoms with E-state index in [0.29, 0.717) is 12.3 Å². The van der Waals surface area contributed by atoms with Gasteiger partial charge in [0.25, 0.3) is 0 Å². The fraction of sp³-hybridized carbons (Fsp3) is 0.500. The van der Waals surface area contributed by atoms with Crippen molar-refractivity contribution in [2.45, 2.75) is 25.2 Å². The number of hydrogen-bond acceptors (Lipinski definition) is 2. The van der Waals surface area contributed by atoms with Gasteiger partial charge in [-0.15, -0.1) is 0 Å². The summed E-state index contributed by atoms with van der Waals surface area (Å²) < 4.78 is 0. The summed E-state index contributed by atoms with van der Waals surface area (Å²) in [6, 6.07) is 5.98. The number of nitrogens with zero attached hydrogens (tertiary/aromatic N) is 1. The van der Waals surface area contributed by atoms with E-state index >= 15 is 0 Å². The van der Waals surface area contributed by atoms with Crippen molar-refractivity contribution < 1.29 is 9.90 Å². The van der Waals surface area contributed by atoms with Crippen molar-refractivity contribution >= 4 is 17.6 Å². The molecule has 2 rings (SSSR count). The molecule has 0 bridgehead atoms. The average molecular weight is 268 g/mol. The molecule has 1 unspecified atom stereocenters. The van der Waals surface area contributed by atoms with Crippen LogP contribution in [0.15, 0.2) is 18.2 Å². The molecule has 1 heterocycles. The molecule has 18 heavy (non-hydrogen) atoms. The summed E-state index contributed by atoms with van der Waals surface area (Å²) in [7, 11) is 2.12. The standard InChI is InChI=1S/C14H18ClNO2/c1-16-7-6-11(9-16)12-4-2-10(8-13(12)15)3-5-14(17)18/h2,4,8,11H,3,5-7,9H2,1H3,(H,17,18). The average Bonchev–Trinajstić information content (AvgIpc) is 2.73. The van der Waals surface area contributed by atoms with Crippen LogP contribution in [0.25, 0.3) is 0 Å². The molecule has 1 aliphatic heterocycles. The van der Waals surface area contributed by atoms with Crippen LogP contribution in [0.5, 0.6) is 0 Å². The first-order valence-corrected chi connectivity index (χ1v) is 6.62. The highest BCUT2D eigenvalue weighted by molar-refractivity contribution is 6.31. The first-order chi connectivity index (χ1) is 8.56. The van der Waals surface area contributed by atoms with Gasteiger partial charge in [0.1, 0.15) is 0 Å². The fourth-order valence-corrected chi connectivity index (χ4v) is 2.85. The number of likely N-dealkylation sites (tertiary alicyclic amines) is 1. The number of likely N-dealkylation sites (N-methyl/N-ethyl adjacent to an activating group) is 1. The Bertz CT molecular complexity index is 447. The van der Waals surface area contributed by atoms with E-state index in [2.05, 4.69) is 18.0 Å². The highest BCUT2D eigenvalue weighted by Crippen LogP contribution is 2.32. The third-order valence-electron chi connectivity index (χ3n) is 3.52. The minimum Gasteiger partial charge on any atom is -0.481 e. The maximum Gasteiger partial charge on any atom is 0.303 e. The second-order valence-electron chi connectivity index (χ2n) is 5.00. The van der Waals surface area contributed by atoms with E-state index in [-0.39, 0.29) is 6.42 Å². The Labute approximate surface area is 112 Å². The van der Waals surface area contributed by atoms with Gasteiger partial charge in [-0.2, -0.15) is 0 Å². The molecule has 0 amide bonds. The van der Waals surface area contributed by atoms with Gasteiger partial charge in [-0.25, -0.2) is 0 Å². The molecule has 1 fully saturated rings. The molecule has 1 aliphatic rings. The maximum absolute atomic E-state index is 10.5. The number of carbonyl (C=O) groups is 1. The Hall–Kier alpha value is -1.06. The minimum atomic E-state index is -0.771. The molecule has 98 valence electrons. The summed E-state index contributed by atoms with van der Waals surface area (Å²) in [5.74, 6) is -0.261. The molecule has 1 aromatic rings. The molecule has 0 radical (unpaired) electrons. The second-order valence-corrected chi connectivity index (χ2v) is 5.40. The van der Waals surface area contributed by atoms with Gasteiger partial charge in [0.05, 0.1) is 0 Å². The van der Waals surface area contributed by atoms with E-state index in [1.54, 1.807) is 0 Å². The Morgan fingerprint density at radius 2 is 2.33 bits per heavy atom. The summed E-state index contributed by atoms with van der Waals surface area (Å²) in [6.45, 7) is 2.16. The normalized spacial score (nSPS) is 20.2. The van der Waals surface area contributed by atoms with Crippen LogP contribution in [0.2, 0.25) is 5.02 Å². The maximum atomic E-state index is 10.5. The fourth-order valence-electron chi connectivity index (χ4n) is 2.50. The second kappa shape index (κ2) is 5.72. The Morgan fingerprint density at radius 3 is 2.89 bits per heavy atom. The largest absolute Gasteiger partial charge is 0.481 e. The van der Waals surface area contributed by atoms with E-state index in [0.717, 1.165) is 30.1 Å². The minimum absolute atomic E-state index is 0.155. The van der Waals surface area contributed by atoms with Gasteiger partial charge in [0, 0.05) is 18.0 Å². The number of aryl methyl sites for hydroxylation is 1. The predicted molar refractivity (Wildman–Crippen MR) is 72.3 cm³/mol. The van der Waals surface area contributed by atoms with E-state index in [1.807, 2.05) is 12.1 Å². The molecular weight excluding hydrogens is 250 g/mol. The molecule has 1 atom stereocenters. The van der Waals surface area contributed by atoms with Crippen molar-refractivity contribution in [1.29, 1.82) is 0 Å². The lowest BCUT2D eigenvalue weighted by Gasteiger charge is -2.13. The van der Waals surface area contributed by atoms with Crippen LogP contribution >= 0.6 is 11.6 Å². The number of carboxylic acid groups (broad SMARTS) is 1. The molecule has 0 aliphatic carbocycles. The Kier molecular flexibility index (Phi) is 4.25. The van der Waals surface area contributed by atoms with E-state index in [4.69, 9.17) is 16.7 Å². The Morgan fingerprint density at radius 1 is 1.56 bits per heavy atom. The molecule has 4 heteroatoms. The number of aliphatic carboxylic acids is 1. The van der Waals surface area contributed by atoms with E-state index in [1.165, 1.54) is 5.56 Å². The number of carboxylic acids is 1. The number of rotatable bonds is 4. The van der Waals surface area contributed by atoms with Gasteiger partial charge < -0.3 is 10.0 Å². The van der Waals surface area contributed by atoms with Crippen molar-refractivity contribution in [1.82, 2.24) is 4.90 Å². The van der Waals surface area contributed by atoms with E-state index < -0.39 is 5.97 Å². The van der Waals surface area contributed by atoms with Crippen LogP contribution in [0, 0.1) is 0 Å². The molecule has 3 nitrogen and oxygen atoms in total. The van der Waals surface area contributed by atoms with Crippen LogP contribution in [-0.4, -0.2) is 36.1 Å². The lowest BCUT2D eigenvalue weighted by Crippen LogP contribution is -2.13. The lowest BCUT2D eigenvalue weighted by atomic mass is 9.96. The van der Waals surface area contributed by atoms with Gasteiger partial charge in [-0.05, 0) is 49.5 Å². The zero-order chi connectivity index (χ0) is 13.1. The number of benzene rings is 1. The van der Waals surface area contributed by atoms with Gasteiger partial charge in [0.15, 0.2) is 0 Å². The van der Waals surface area contributed by atoms with Crippen molar-refractivity contribution in [3.8, 4) is 0 Å². The highest BCUT2D eigenvalue weighted by atomic mass is 35.5.